The van der Waals surface area contributed by atoms with E-state index >= 15 is 0 Å². The van der Waals surface area contributed by atoms with E-state index in [1.807, 2.05) is 0 Å². The molecule has 1 amide bonds. The van der Waals surface area contributed by atoms with Crippen LogP contribution in [0.25, 0.3) is 0 Å². The average Bonchev–Trinajstić information content (AvgIpc) is 2.53. The van der Waals surface area contributed by atoms with Gasteiger partial charge in [0.15, 0.2) is 0 Å². The Bertz CT molecular complexity index is 267. The van der Waals surface area contributed by atoms with Crippen LogP contribution in [0, 0.1) is 0 Å². The summed E-state index contributed by atoms with van der Waals surface area (Å²) in [6, 6.07) is 0. The maximum atomic E-state index is 11.4. The monoisotopic (exact) mass is 209 g/mol. The first-order valence-electron chi connectivity index (χ1n) is 3.15. The first-order valence-corrected chi connectivity index (χ1v) is 3.93. The molecular formula is C5H5F2N3O2S. The number of carbonyl (C=O) groups excluding carboxylic acids is 1. The number of ether oxygens (including phenoxy) is 1. The summed E-state index contributed by atoms with van der Waals surface area (Å²) in [7, 11) is 0. The number of amides is 1. The molecule has 13 heavy (non-hydrogen) atoms. The molecule has 0 aliphatic carbocycles. The van der Waals surface area contributed by atoms with Crippen LogP contribution in [0.3, 0.4) is 0 Å². The second-order valence-electron chi connectivity index (χ2n) is 1.90. The van der Waals surface area contributed by atoms with Gasteiger partial charge < -0.3 is 10.1 Å². The fourth-order valence-corrected chi connectivity index (χ4v) is 0.970. The highest BCUT2D eigenvalue weighted by molar-refractivity contribution is 7.10. The van der Waals surface area contributed by atoms with Gasteiger partial charge in [0.2, 0.25) is 0 Å². The molecule has 72 valence electrons. The molecule has 5 nitrogen and oxygen atoms in total. The zero-order valence-electron chi connectivity index (χ0n) is 6.24. The van der Waals surface area contributed by atoms with Gasteiger partial charge in [-0.2, -0.15) is 8.78 Å². The molecule has 1 heterocycles. The number of rotatable bonds is 4. The van der Waals surface area contributed by atoms with Crippen LogP contribution in [0.1, 0.15) is 0 Å². The summed E-state index contributed by atoms with van der Waals surface area (Å²) >= 11 is 0.949. The van der Waals surface area contributed by atoms with Crippen LogP contribution in [-0.2, 0) is 9.53 Å². The molecule has 0 bridgehead atoms. The Labute approximate surface area is 75.9 Å². The Morgan fingerprint density at radius 2 is 2.54 bits per heavy atom. The Morgan fingerprint density at radius 1 is 1.77 bits per heavy atom. The van der Waals surface area contributed by atoms with E-state index in [1.54, 1.807) is 0 Å². The van der Waals surface area contributed by atoms with Gasteiger partial charge in [0.05, 0.1) is 6.20 Å². The molecule has 1 rings (SSSR count). The second-order valence-corrected chi connectivity index (χ2v) is 2.69. The first-order chi connectivity index (χ1) is 6.18. The van der Waals surface area contributed by atoms with Gasteiger partial charge in [0.25, 0.3) is 5.91 Å². The van der Waals surface area contributed by atoms with E-state index in [4.69, 9.17) is 0 Å². The van der Waals surface area contributed by atoms with Gasteiger partial charge >= 0.3 is 6.61 Å². The van der Waals surface area contributed by atoms with Crippen LogP contribution in [0.5, 0.6) is 0 Å². The molecule has 8 heteroatoms. The van der Waals surface area contributed by atoms with Gasteiger partial charge in [-0.3, -0.25) is 4.79 Å². The summed E-state index contributed by atoms with van der Waals surface area (Å²) in [5.41, 5.74) is 0. The van der Waals surface area contributed by atoms with E-state index in [0.29, 0.717) is 5.00 Å². The van der Waals surface area contributed by atoms with Crippen LogP contribution in [-0.4, -0.2) is 28.7 Å². The molecule has 1 N–H and O–H groups in total. The van der Waals surface area contributed by atoms with Crippen LogP contribution in [0.4, 0.5) is 13.8 Å². The van der Waals surface area contributed by atoms with Crippen molar-refractivity contribution in [1.82, 2.24) is 9.59 Å². The summed E-state index contributed by atoms with van der Waals surface area (Å²) in [6.45, 7) is -3.62. The molecule has 1 aromatic rings. The van der Waals surface area contributed by atoms with Crippen molar-refractivity contribution >= 4 is 22.4 Å². The highest BCUT2D eigenvalue weighted by atomic mass is 32.1. The highest BCUT2D eigenvalue weighted by Gasteiger charge is 2.08. The maximum absolute atomic E-state index is 11.4. The lowest BCUT2D eigenvalue weighted by molar-refractivity contribution is -0.148. The third-order valence-corrected chi connectivity index (χ3v) is 1.54. The van der Waals surface area contributed by atoms with Crippen molar-refractivity contribution < 1.29 is 18.3 Å². The van der Waals surface area contributed by atoms with Crippen molar-refractivity contribution in [2.75, 3.05) is 11.9 Å². The van der Waals surface area contributed by atoms with Crippen molar-refractivity contribution in [2.24, 2.45) is 0 Å². The average molecular weight is 209 g/mol. The van der Waals surface area contributed by atoms with Crippen LogP contribution in [0.15, 0.2) is 6.20 Å². The second kappa shape index (κ2) is 4.77. The summed E-state index contributed by atoms with van der Waals surface area (Å²) < 4.78 is 30.1. The molecule has 0 spiro atoms. The third kappa shape index (κ3) is 3.85. The van der Waals surface area contributed by atoms with Crippen LogP contribution >= 0.6 is 11.5 Å². The molecular weight excluding hydrogens is 204 g/mol. The molecule has 0 aromatic carbocycles. The number of anilines is 1. The maximum Gasteiger partial charge on any atom is 0.345 e. The van der Waals surface area contributed by atoms with Crippen molar-refractivity contribution in [3.8, 4) is 0 Å². The number of nitrogens with zero attached hydrogens (tertiary/aromatic N) is 2. The molecule has 0 atom stereocenters. The lowest BCUT2D eigenvalue weighted by Crippen LogP contribution is -2.19. The van der Waals surface area contributed by atoms with E-state index in [0.717, 1.165) is 11.5 Å². The summed E-state index contributed by atoms with van der Waals surface area (Å²) in [5, 5.41) is 6.10. The number of hydrogen-bond donors (Lipinski definition) is 1. The van der Waals surface area contributed by atoms with E-state index in [1.165, 1.54) is 6.20 Å². The van der Waals surface area contributed by atoms with Crippen molar-refractivity contribution in [3.63, 3.8) is 0 Å². The number of hydrogen-bond acceptors (Lipinski definition) is 5. The first kappa shape index (κ1) is 9.93. The van der Waals surface area contributed by atoms with Crippen molar-refractivity contribution in [2.45, 2.75) is 6.61 Å². The minimum absolute atomic E-state index is 0.392. The van der Waals surface area contributed by atoms with E-state index in [9.17, 15) is 13.6 Å². The van der Waals surface area contributed by atoms with E-state index < -0.39 is 19.1 Å². The lowest BCUT2D eigenvalue weighted by atomic mass is 10.6. The normalized spacial score (nSPS) is 10.4. The molecule has 0 unspecified atom stereocenters. The Morgan fingerprint density at radius 3 is 3.08 bits per heavy atom. The van der Waals surface area contributed by atoms with Crippen molar-refractivity contribution in [3.05, 3.63) is 6.20 Å². The van der Waals surface area contributed by atoms with Gasteiger partial charge in [0, 0.05) is 11.5 Å². The molecule has 0 saturated carbocycles. The predicted molar refractivity (Wildman–Crippen MR) is 40.5 cm³/mol. The fraction of sp³-hybridized carbons (Fsp3) is 0.400. The quantitative estimate of drug-likeness (QED) is 0.793. The number of carbonyl (C=O) groups is 1. The summed E-state index contributed by atoms with van der Waals surface area (Å²) in [4.78, 5) is 10.8. The minimum atomic E-state index is -2.94. The van der Waals surface area contributed by atoms with Crippen molar-refractivity contribution in [1.29, 1.82) is 0 Å². The van der Waals surface area contributed by atoms with E-state index in [-0.39, 0.29) is 0 Å². The SMILES string of the molecule is O=C(COC(F)F)Nc1cnns1. The zero-order valence-corrected chi connectivity index (χ0v) is 7.05. The Hall–Kier alpha value is -1.15. The standard InChI is InChI=1S/C5H5F2N3O2S/c6-5(7)12-2-3(11)9-4-1-8-10-13-4/h1,5H,2H2,(H,9,11). The largest absolute Gasteiger partial charge is 0.345 e. The van der Waals surface area contributed by atoms with Gasteiger partial charge in [-0.1, -0.05) is 4.49 Å². The van der Waals surface area contributed by atoms with Gasteiger partial charge in [-0.25, -0.2) is 0 Å². The highest BCUT2D eigenvalue weighted by Crippen LogP contribution is 2.08. The fourth-order valence-electron chi connectivity index (χ4n) is 0.534. The van der Waals surface area contributed by atoms with Gasteiger partial charge in [0.1, 0.15) is 11.6 Å². The predicted octanol–water partition coefficient (Wildman–Crippen LogP) is 0.716. The van der Waals surface area contributed by atoms with E-state index in [2.05, 4.69) is 19.6 Å². The van der Waals surface area contributed by atoms with Gasteiger partial charge in [-0.15, -0.1) is 5.10 Å². The molecule has 1 aromatic heterocycles. The van der Waals surface area contributed by atoms with Crippen LogP contribution in [0.2, 0.25) is 0 Å². The minimum Gasteiger partial charge on any atom is -0.313 e. The molecule has 0 fully saturated rings. The number of nitrogens with one attached hydrogen (secondary N) is 1. The van der Waals surface area contributed by atoms with Crippen LogP contribution < -0.4 is 5.32 Å². The smallest absolute Gasteiger partial charge is 0.313 e. The number of aromatic nitrogens is 2. The molecule has 0 aliphatic heterocycles. The Kier molecular flexibility index (Phi) is 3.65. The zero-order chi connectivity index (χ0) is 9.68. The molecule has 0 saturated heterocycles. The molecule has 0 aliphatic rings. The lowest BCUT2D eigenvalue weighted by Gasteiger charge is -2.01. The third-order valence-electron chi connectivity index (χ3n) is 0.964. The number of halogens is 2. The summed E-state index contributed by atoms with van der Waals surface area (Å²) in [5.74, 6) is -0.661. The summed E-state index contributed by atoms with van der Waals surface area (Å²) in [6.07, 6.45) is 1.31. The number of alkyl halides is 2. The Balaban J connectivity index is 2.26. The van der Waals surface area contributed by atoms with Gasteiger partial charge in [-0.05, 0) is 0 Å². The topological polar surface area (TPSA) is 64.1 Å². The molecule has 0 radical (unpaired) electrons.